The highest BCUT2D eigenvalue weighted by Crippen LogP contribution is 2.27. The maximum atomic E-state index is 4.86. The second-order valence-corrected chi connectivity index (χ2v) is 6.89. The van der Waals surface area contributed by atoms with Crippen LogP contribution in [0.1, 0.15) is 47.2 Å². The van der Waals surface area contributed by atoms with Crippen molar-refractivity contribution < 1.29 is 0 Å². The summed E-state index contributed by atoms with van der Waals surface area (Å²) in [5.74, 6) is 0. The third-order valence-corrected chi connectivity index (χ3v) is 4.35. The Bertz CT molecular complexity index is 722. The summed E-state index contributed by atoms with van der Waals surface area (Å²) in [5, 5.41) is 0. The molecule has 0 fully saturated rings. The molecule has 24 heavy (non-hydrogen) atoms. The lowest BCUT2D eigenvalue weighted by Crippen LogP contribution is -2.05. The van der Waals surface area contributed by atoms with Crippen LogP contribution in [-0.4, -0.2) is 11.4 Å². The summed E-state index contributed by atoms with van der Waals surface area (Å²) in [4.78, 5) is 9.72. The molecule has 0 N–H and O–H groups in total. The van der Waals surface area contributed by atoms with Gasteiger partial charge in [0.25, 0.3) is 0 Å². The second-order valence-electron chi connectivity index (χ2n) is 6.89. The predicted octanol–water partition coefficient (Wildman–Crippen LogP) is 6.42. The normalized spacial score (nSPS) is 12.7. The van der Waals surface area contributed by atoms with Crippen molar-refractivity contribution in [3.05, 3.63) is 57.6 Å². The molecule has 2 rings (SSSR count). The quantitative estimate of drug-likeness (QED) is 0.583. The highest BCUT2D eigenvalue weighted by molar-refractivity contribution is 6.41. The van der Waals surface area contributed by atoms with Crippen LogP contribution in [-0.2, 0) is 0 Å². The molecule has 0 aliphatic carbocycles. The zero-order chi connectivity index (χ0) is 18.0. The van der Waals surface area contributed by atoms with E-state index < -0.39 is 0 Å². The van der Waals surface area contributed by atoms with Crippen molar-refractivity contribution in [3.8, 4) is 0 Å². The Kier molecular flexibility index (Phi) is 5.38. The van der Waals surface area contributed by atoms with Gasteiger partial charge >= 0.3 is 0 Å². The summed E-state index contributed by atoms with van der Waals surface area (Å²) in [7, 11) is 0. The van der Waals surface area contributed by atoms with Crippen molar-refractivity contribution in [1.29, 1.82) is 0 Å². The average Bonchev–Trinajstić information content (AvgIpc) is 2.46. The molecule has 0 heterocycles. The fourth-order valence-corrected chi connectivity index (χ4v) is 3.19. The molecule has 0 bridgehead atoms. The van der Waals surface area contributed by atoms with Gasteiger partial charge in [-0.3, -0.25) is 9.98 Å². The topological polar surface area (TPSA) is 24.7 Å². The van der Waals surface area contributed by atoms with E-state index in [2.05, 4.69) is 65.8 Å². The Morgan fingerprint density at radius 3 is 1.04 bits per heavy atom. The van der Waals surface area contributed by atoms with E-state index in [4.69, 9.17) is 9.98 Å². The van der Waals surface area contributed by atoms with E-state index in [9.17, 15) is 0 Å². The predicted molar refractivity (Wildman–Crippen MR) is 107 cm³/mol. The molecule has 0 amide bonds. The molecule has 0 aliphatic rings. The Morgan fingerprint density at radius 1 is 0.542 bits per heavy atom. The van der Waals surface area contributed by atoms with Gasteiger partial charge in [0.2, 0.25) is 0 Å². The molecule has 0 unspecified atom stereocenters. The lowest BCUT2D eigenvalue weighted by Gasteiger charge is -2.10. The minimum absolute atomic E-state index is 0.962. The molecule has 0 atom stereocenters. The molecule has 0 aromatic heterocycles. The van der Waals surface area contributed by atoms with Crippen molar-refractivity contribution in [2.24, 2.45) is 9.98 Å². The molecule has 2 heteroatoms. The van der Waals surface area contributed by atoms with Crippen molar-refractivity contribution >= 4 is 22.8 Å². The van der Waals surface area contributed by atoms with E-state index in [0.717, 1.165) is 22.8 Å². The maximum absolute atomic E-state index is 4.86. The summed E-state index contributed by atoms with van der Waals surface area (Å²) >= 11 is 0. The largest absolute Gasteiger partial charge is 0.251 e. The Labute approximate surface area is 146 Å². The van der Waals surface area contributed by atoms with Crippen molar-refractivity contribution in [1.82, 2.24) is 0 Å². The van der Waals surface area contributed by atoms with Crippen molar-refractivity contribution in [2.75, 3.05) is 0 Å². The Hall–Kier alpha value is -2.22. The number of hydrogen-bond donors (Lipinski definition) is 0. The van der Waals surface area contributed by atoms with Crippen LogP contribution in [0.25, 0.3) is 0 Å². The van der Waals surface area contributed by atoms with Crippen LogP contribution in [0.15, 0.2) is 34.3 Å². The number of benzene rings is 2. The van der Waals surface area contributed by atoms with E-state index in [-0.39, 0.29) is 0 Å². The van der Waals surface area contributed by atoms with Gasteiger partial charge in [-0.15, -0.1) is 0 Å². The molecule has 0 saturated carbocycles. The molecule has 0 aliphatic heterocycles. The smallest absolute Gasteiger partial charge is 0.0692 e. The van der Waals surface area contributed by atoms with Crippen LogP contribution < -0.4 is 0 Å². The number of aryl methyl sites for hydroxylation is 6. The number of hydrogen-bond acceptors (Lipinski definition) is 2. The highest BCUT2D eigenvalue weighted by Gasteiger charge is 2.07. The summed E-state index contributed by atoms with van der Waals surface area (Å²) in [5.41, 5.74) is 11.4. The summed E-state index contributed by atoms with van der Waals surface area (Å²) in [6.07, 6.45) is 0. The average molecular weight is 320 g/mol. The molecule has 0 spiro atoms. The van der Waals surface area contributed by atoms with E-state index in [1.165, 1.54) is 33.4 Å². The van der Waals surface area contributed by atoms with Gasteiger partial charge in [-0.1, -0.05) is 35.4 Å². The van der Waals surface area contributed by atoms with E-state index in [0.29, 0.717) is 0 Å². The van der Waals surface area contributed by atoms with Gasteiger partial charge in [0.15, 0.2) is 0 Å². The number of nitrogens with zero attached hydrogens (tertiary/aromatic N) is 2. The first-order valence-electron chi connectivity index (χ1n) is 8.45. The van der Waals surface area contributed by atoms with E-state index >= 15 is 0 Å². The van der Waals surface area contributed by atoms with Crippen LogP contribution in [0.2, 0.25) is 0 Å². The molecule has 2 aromatic rings. The van der Waals surface area contributed by atoms with Gasteiger partial charge in [0.1, 0.15) is 0 Å². The van der Waals surface area contributed by atoms with Gasteiger partial charge < -0.3 is 0 Å². The number of rotatable bonds is 3. The van der Waals surface area contributed by atoms with Gasteiger partial charge in [-0.05, 0) is 77.6 Å². The third-order valence-electron chi connectivity index (χ3n) is 4.35. The monoisotopic (exact) mass is 320 g/mol. The lowest BCUT2D eigenvalue weighted by atomic mass is 10.0. The lowest BCUT2D eigenvalue weighted by molar-refractivity contribution is 1.28. The molecule has 126 valence electrons. The van der Waals surface area contributed by atoms with Gasteiger partial charge in [-0.2, -0.15) is 0 Å². The molecular formula is C22H28N2. The van der Waals surface area contributed by atoms with Crippen LogP contribution in [0, 0.1) is 41.5 Å². The van der Waals surface area contributed by atoms with Crippen LogP contribution in [0.3, 0.4) is 0 Å². The minimum Gasteiger partial charge on any atom is -0.251 e. The third kappa shape index (κ3) is 4.00. The fraction of sp³-hybridized carbons (Fsp3) is 0.364. The summed E-state index contributed by atoms with van der Waals surface area (Å²) < 4.78 is 0. The molecule has 2 aromatic carbocycles. The SMILES string of the molecule is CC(=Nc1c(C)cc(C)cc1C)C(C)=Nc1c(C)cc(C)cc1C. The maximum Gasteiger partial charge on any atom is 0.0692 e. The standard InChI is InChI=1S/C22H28N2/c1-13-9-15(3)21(16(4)10-13)23-19(7)20(8)24-22-17(5)11-14(2)12-18(22)6/h9-12H,1-8H3. The Morgan fingerprint density at radius 2 is 0.792 bits per heavy atom. The Balaban J connectivity index is 2.45. The first-order valence-corrected chi connectivity index (χ1v) is 8.45. The van der Waals surface area contributed by atoms with E-state index in [1.807, 2.05) is 13.8 Å². The first kappa shape index (κ1) is 18.1. The highest BCUT2D eigenvalue weighted by atomic mass is 14.8. The van der Waals surface area contributed by atoms with Gasteiger partial charge in [0.05, 0.1) is 22.8 Å². The van der Waals surface area contributed by atoms with Crippen LogP contribution >= 0.6 is 0 Å². The molecule has 0 radical (unpaired) electrons. The molecular weight excluding hydrogens is 292 g/mol. The molecule has 2 nitrogen and oxygen atoms in total. The second kappa shape index (κ2) is 7.12. The number of aliphatic imine (C=N–C) groups is 2. The van der Waals surface area contributed by atoms with Crippen LogP contribution in [0.5, 0.6) is 0 Å². The van der Waals surface area contributed by atoms with Gasteiger partial charge in [-0.25, -0.2) is 0 Å². The summed E-state index contributed by atoms with van der Waals surface area (Å²) in [6, 6.07) is 8.72. The van der Waals surface area contributed by atoms with Crippen molar-refractivity contribution in [2.45, 2.75) is 55.4 Å². The summed E-state index contributed by atoms with van der Waals surface area (Å²) in [6.45, 7) is 16.8. The zero-order valence-corrected chi connectivity index (χ0v) is 16.2. The van der Waals surface area contributed by atoms with E-state index in [1.54, 1.807) is 0 Å². The first-order chi connectivity index (χ1) is 11.2. The molecule has 0 saturated heterocycles. The minimum atomic E-state index is 0.962. The fourth-order valence-electron chi connectivity index (χ4n) is 3.19. The van der Waals surface area contributed by atoms with Gasteiger partial charge in [0, 0.05) is 0 Å². The van der Waals surface area contributed by atoms with Crippen LogP contribution in [0.4, 0.5) is 11.4 Å². The van der Waals surface area contributed by atoms with Crippen molar-refractivity contribution in [3.63, 3.8) is 0 Å². The zero-order valence-electron chi connectivity index (χ0n) is 16.2.